The number of aryl methyl sites for hydroxylation is 2. The van der Waals surface area contributed by atoms with Crippen LogP contribution in [0.25, 0.3) is 16.6 Å². The molecule has 26 heavy (non-hydrogen) atoms. The molecule has 3 rings (SSSR count). The van der Waals surface area contributed by atoms with Crippen LogP contribution in [0.15, 0.2) is 30.6 Å². The number of aromatic nitrogens is 3. The number of pyridine rings is 1. The monoisotopic (exact) mass is 353 g/mol. The van der Waals surface area contributed by atoms with Crippen molar-refractivity contribution in [3.8, 4) is 11.1 Å². The molecule has 0 aliphatic heterocycles. The van der Waals surface area contributed by atoms with Crippen molar-refractivity contribution in [3.05, 3.63) is 53.1 Å². The standard InChI is InChI=1S/C20H23N3O3/c1-4-15-5-7-18-20(14-9-13(2)10-21-11-14)16(6-8-19(24)25)17(12-26-3)22-23(15)18/h5,7,9-11H,4,6,8,12H2,1-3H3,(H,24,25). The summed E-state index contributed by atoms with van der Waals surface area (Å²) in [4.78, 5) is 15.5. The fourth-order valence-corrected chi connectivity index (χ4v) is 3.29. The number of ether oxygens (including phenoxy) is 1. The second-order valence-electron chi connectivity index (χ2n) is 6.35. The Morgan fingerprint density at radius 3 is 2.77 bits per heavy atom. The Hall–Kier alpha value is -2.73. The van der Waals surface area contributed by atoms with Gasteiger partial charge in [0.25, 0.3) is 0 Å². The molecule has 3 heterocycles. The van der Waals surface area contributed by atoms with E-state index in [0.29, 0.717) is 13.0 Å². The van der Waals surface area contributed by atoms with Crippen LogP contribution >= 0.6 is 0 Å². The van der Waals surface area contributed by atoms with Gasteiger partial charge in [-0.3, -0.25) is 9.78 Å². The maximum Gasteiger partial charge on any atom is 0.303 e. The average molecular weight is 353 g/mol. The SMILES string of the molecule is CCc1ccc2c(-c3cncc(C)c3)c(CCC(=O)O)c(COC)nn12. The molecular formula is C20H23N3O3. The van der Waals surface area contributed by atoms with Gasteiger partial charge in [0, 0.05) is 42.7 Å². The van der Waals surface area contributed by atoms with Gasteiger partial charge in [0.1, 0.15) is 0 Å². The Bertz CT molecular complexity index is 947. The number of hydrogen-bond donors (Lipinski definition) is 1. The molecule has 1 N–H and O–H groups in total. The normalized spacial score (nSPS) is 11.2. The molecule has 136 valence electrons. The van der Waals surface area contributed by atoms with Crippen molar-refractivity contribution < 1.29 is 14.6 Å². The van der Waals surface area contributed by atoms with Gasteiger partial charge in [-0.1, -0.05) is 6.92 Å². The summed E-state index contributed by atoms with van der Waals surface area (Å²) >= 11 is 0. The molecular weight excluding hydrogens is 330 g/mol. The zero-order valence-electron chi connectivity index (χ0n) is 15.3. The van der Waals surface area contributed by atoms with E-state index in [4.69, 9.17) is 9.84 Å². The second-order valence-corrected chi connectivity index (χ2v) is 6.35. The molecule has 3 aromatic heterocycles. The van der Waals surface area contributed by atoms with Crippen LogP contribution in [0.4, 0.5) is 0 Å². The zero-order valence-corrected chi connectivity index (χ0v) is 15.3. The van der Waals surface area contributed by atoms with Gasteiger partial charge in [0.05, 0.1) is 17.8 Å². The number of carboxylic acids is 1. The predicted octanol–water partition coefficient (Wildman–Crippen LogP) is 3.43. The van der Waals surface area contributed by atoms with Crippen LogP contribution in [0.1, 0.15) is 35.9 Å². The third-order valence-corrected chi connectivity index (χ3v) is 4.46. The van der Waals surface area contributed by atoms with E-state index in [2.05, 4.69) is 24.0 Å². The third kappa shape index (κ3) is 3.46. The van der Waals surface area contributed by atoms with E-state index in [1.54, 1.807) is 7.11 Å². The Morgan fingerprint density at radius 2 is 2.12 bits per heavy atom. The van der Waals surface area contributed by atoms with Gasteiger partial charge in [-0.2, -0.15) is 5.10 Å². The lowest BCUT2D eigenvalue weighted by molar-refractivity contribution is -0.136. The van der Waals surface area contributed by atoms with Gasteiger partial charge in [-0.15, -0.1) is 0 Å². The van der Waals surface area contributed by atoms with E-state index in [1.807, 2.05) is 29.9 Å². The molecule has 0 spiro atoms. The van der Waals surface area contributed by atoms with Gasteiger partial charge in [0.2, 0.25) is 0 Å². The van der Waals surface area contributed by atoms with Gasteiger partial charge in [-0.05, 0) is 49.1 Å². The molecule has 0 aliphatic carbocycles. The Morgan fingerprint density at radius 1 is 1.31 bits per heavy atom. The van der Waals surface area contributed by atoms with E-state index in [0.717, 1.165) is 45.6 Å². The van der Waals surface area contributed by atoms with Crippen LogP contribution < -0.4 is 0 Å². The fourth-order valence-electron chi connectivity index (χ4n) is 3.29. The van der Waals surface area contributed by atoms with Crippen molar-refractivity contribution >= 4 is 11.5 Å². The van der Waals surface area contributed by atoms with Gasteiger partial charge in [-0.25, -0.2) is 4.52 Å². The zero-order chi connectivity index (χ0) is 18.7. The minimum absolute atomic E-state index is 0.0438. The summed E-state index contributed by atoms with van der Waals surface area (Å²) in [5.74, 6) is -0.828. The maximum atomic E-state index is 11.2. The summed E-state index contributed by atoms with van der Waals surface area (Å²) in [6, 6.07) is 6.18. The Balaban J connectivity index is 2.33. The molecule has 3 aromatic rings. The number of fused-ring (bicyclic) bond motifs is 1. The number of rotatable bonds is 7. The first-order chi connectivity index (χ1) is 12.5. The van der Waals surface area contributed by atoms with E-state index >= 15 is 0 Å². The van der Waals surface area contributed by atoms with Crippen molar-refractivity contribution in [2.45, 2.75) is 39.7 Å². The second kappa shape index (κ2) is 7.66. The van der Waals surface area contributed by atoms with Crippen LogP contribution in [0.3, 0.4) is 0 Å². The molecule has 0 aromatic carbocycles. The van der Waals surface area contributed by atoms with Crippen LogP contribution in [0.5, 0.6) is 0 Å². The highest BCUT2D eigenvalue weighted by molar-refractivity contribution is 5.84. The molecule has 0 aliphatic rings. The van der Waals surface area contributed by atoms with Crippen LogP contribution in [-0.2, 0) is 29.0 Å². The summed E-state index contributed by atoms with van der Waals surface area (Å²) in [5, 5.41) is 13.9. The van der Waals surface area contributed by atoms with E-state index in [9.17, 15) is 9.90 Å². The number of hydrogen-bond acceptors (Lipinski definition) is 4. The van der Waals surface area contributed by atoms with Crippen LogP contribution in [-0.4, -0.2) is 32.8 Å². The third-order valence-electron chi connectivity index (χ3n) is 4.46. The number of carboxylic acid groups (broad SMARTS) is 1. The number of carbonyl (C=O) groups is 1. The summed E-state index contributed by atoms with van der Waals surface area (Å²) in [6.45, 7) is 4.42. The van der Waals surface area contributed by atoms with Crippen molar-refractivity contribution in [1.82, 2.24) is 14.6 Å². The van der Waals surface area contributed by atoms with Crippen molar-refractivity contribution in [2.24, 2.45) is 0 Å². The minimum atomic E-state index is -0.828. The molecule has 0 radical (unpaired) electrons. The van der Waals surface area contributed by atoms with E-state index in [1.165, 1.54) is 0 Å². The molecule has 0 atom stereocenters. The molecule has 6 nitrogen and oxygen atoms in total. The molecule has 0 fully saturated rings. The first-order valence-electron chi connectivity index (χ1n) is 8.70. The minimum Gasteiger partial charge on any atom is -0.481 e. The summed E-state index contributed by atoms with van der Waals surface area (Å²) in [5.41, 5.74) is 6.76. The highest BCUT2D eigenvalue weighted by atomic mass is 16.5. The molecule has 0 unspecified atom stereocenters. The van der Waals surface area contributed by atoms with Crippen molar-refractivity contribution in [1.29, 1.82) is 0 Å². The number of nitrogens with zero attached hydrogens (tertiary/aromatic N) is 3. The number of methoxy groups -OCH3 is 1. The predicted molar refractivity (Wildman–Crippen MR) is 99.2 cm³/mol. The summed E-state index contributed by atoms with van der Waals surface area (Å²) in [7, 11) is 1.62. The van der Waals surface area contributed by atoms with Crippen LogP contribution in [0, 0.1) is 6.92 Å². The quantitative estimate of drug-likeness (QED) is 0.704. The maximum absolute atomic E-state index is 11.2. The van der Waals surface area contributed by atoms with Crippen molar-refractivity contribution in [3.63, 3.8) is 0 Å². The first-order valence-corrected chi connectivity index (χ1v) is 8.70. The molecule has 0 bridgehead atoms. The number of aliphatic carboxylic acids is 1. The molecule has 6 heteroatoms. The lowest BCUT2D eigenvalue weighted by Crippen LogP contribution is -2.11. The Labute approximate surface area is 152 Å². The van der Waals surface area contributed by atoms with E-state index in [-0.39, 0.29) is 6.42 Å². The molecule has 0 saturated carbocycles. The highest BCUT2D eigenvalue weighted by Gasteiger charge is 2.19. The van der Waals surface area contributed by atoms with Gasteiger partial charge < -0.3 is 9.84 Å². The van der Waals surface area contributed by atoms with Gasteiger partial charge >= 0.3 is 5.97 Å². The van der Waals surface area contributed by atoms with Gasteiger partial charge in [0.15, 0.2) is 0 Å². The average Bonchev–Trinajstić information content (AvgIpc) is 3.02. The van der Waals surface area contributed by atoms with Crippen molar-refractivity contribution in [2.75, 3.05) is 7.11 Å². The summed E-state index contributed by atoms with van der Waals surface area (Å²) < 4.78 is 7.29. The topological polar surface area (TPSA) is 76.7 Å². The first kappa shape index (κ1) is 18.1. The fraction of sp³-hybridized carbons (Fsp3) is 0.350. The lowest BCUT2D eigenvalue weighted by Gasteiger charge is -2.17. The van der Waals surface area contributed by atoms with E-state index < -0.39 is 5.97 Å². The van der Waals surface area contributed by atoms with Crippen LogP contribution in [0.2, 0.25) is 0 Å². The molecule has 0 saturated heterocycles. The highest BCUT2D eigenvalue weighted by Crippen LogP contribution is 2.32. The lowest BCUT2D eigenvalue weighted by atomic mass is 9.95. The molecule has 0 amide bonds. The smallest absolute Gasteiger partial charge is 0.303 e. The largest absolute Gasteiger partial charge is 0.481 e. The Kier molecular flexibility index (Phi) is 5.32. The summed E-state index contributed by atoms with van der Waals surface area (Å²) in [6.07, 6.45) is 4.93.